The monoisotopic (exact) mass is 267 g/mol. The maximum absolute atomic E-state index is 12.9. The summed E-state index contributed by atoms with van der Waals surface area (Å²) in [6, 6.07) is 7.35. The third kappa shape index (κ3) is 2.72. The van der Waals surface area contributed by atoms with Crippen LogP contribution in [0.15, 0.2) is 30.3 Å². The summed E-state index contributed by atoms with van der Waals surface area (Å²) in [5.74, 6) is 0.620. The molecule has 19 heavy (non-hydrogen) atoms. The number of hydrogen-bond donors (Lipinski definition) is 0. The van der Waals surface area contributed by atoms with Gasteiger partial charge in [-0.05, 0) is 24.1 Å². The summed E-state index contributed by atoms with van der Waals surface area (Å²) in [5.41, 5.74) is 0.614. The van der Waals surface area contributed by atoms with Crippen molar-refractivity contribution < 1.29 is 13.2 Å². The van der Waals surface area contributed by atoms with Crippen LogP contribution in [0.2, 0.25) is 0 Å². The molecule has 0 aliphatic rings. The summed E-state index contributed by atoms with van der Waals surface area (Å²) in [6.45, 7) is 6.18. The van der Waals surface area contributed by atoms with Crippen molar-refractivity contribution in [3.05, 3.63) is 41.6 Å². The van der Waals surface area contributed by atoms with E-state index in [-0.39, 0.29) is 11.3 Å². The van der Waals surface area contributed by atoms with Crippen LogP contribution in [0.5, 0.6) is 0 Å². The normalized spacial score (nSPS) is 14.1. The molecule has 0 fully saturated rings. The Kier molecular flexibility index (Phi) is 3.52. The molecular weight excluding hydrogens is 251 g/mol. The number of pyridine rings is 1. The van der Waals surface area contributed by atoms with Gasteiger partial charge >= 0.3 is 6.18 Å². The van der Waals surface area contributed by atoms with Gasteiger partial charge in [-0.1, -0.05) is 32.9 Å². The second-order valence-corrected chi connectivity index (χ2v) is 5.14. The number of nitrogens with zero attached hydrogens (tertiary/aromatic N) is 1. The maximum Gasteiger partial charge on any atom is 0.417 e. The average Bonchev–Trinajstić information content (AvgIpc) is 2.35. The first-order valence-corrected chi connectivity index (χ1v) is 6.27. The maximum atomic E-state index is 12.9. The summed E-state index contributed by atoms with van der Waals surface area (Å²) in [4.78, 5) is 4.37. The van der Waals surface area contributed by atoms with Crippen molar-refractivity contribution in [2.24, 2.45) is 5.92 Å². The minimum Gasteiger partial charge on any atom is -0.253 e. The largest absolute Gasteiger partial charge is 0.417 e. The van der Waals surface area contributed by atoms with Crippen molar-refractivity contribution in [2.75, 3.05) is 0 Å². The van der Waals surface area contributed by atoms with E-state index in [1.54, 1.807) is 12.1 Å². The standard InChI is InChI=1S/C15H16F3N/c1-9(2)10(3)13-8-7-11-12(15(16,17)18)5-4-6-14(11)19-13/h4-10H,1-3H3. The highest BCUT2D eigenvalue weighted by Crippen LogP contribution is 2.35. The zero-order chi connectivity index (χ0) is 14.2. The fraction of sp³-hybridized carbons (Fsp3) is 0.400. The van der Waals surface area contributed by atoms with Gasteiger partial charge in [-0.15, -0.1) is 0 Å². The predicted molar refractivity (Wildman–Crippen MR) is 70.0 cm³/mol. The lowest BCUT2D eigenvalue weighted by atomic mass is 9.93. The van der Waals surface area contributed by atoms with Crippen LogP contribution in [0, 0.1) is 5.92 Å². The molecule has 1 heterocycles. The third-order valence-corrected chi connectivity index (χ3v) is 3.53. The number of alkyl halides is 3. The second kappa shape index (κ2) is 4.83. The van der Waals surface area contributed by atoms with E-state index < -0.39 is 11.7 Å². The number of aromatic nitrogens is 1. The Bertz CT molecular complexity index is 587. The third-order valence-electron chi connectivity index (χ3n) is 3.53. The number of benzene rings is 1. The van der Waals surface area contributed by atoms with Gasteiger partial charge in [0.25, 0.3) is 0 Å². The minimum absolute atomic E-state index is 0.162. The van der Waals surface area contributed by atoms with Crippen molar-refractivity contribution in [2.45, 2.75) is 32.9 Å². The molecule has 1 atom stereocenters. The molecular formula is C15H16F3N. The van der Waals surface area contributed by atoms with Gasteiger partial charge in [0, 0.05) is 17.0 Å². The van der Waals surface area contributed by atoms with E-state index in [2.05, 4.69) is 18.8 Å². The molecule has 0 radical (unpaired) electrons. The summed E-state index contributed by atoms with van der Waals surface area (Å²) in [6.07, 6.45) is -4.34. The van der Waals surface area contributed by atoms with E-state index in [0.29, 0.717) is 11.4 Å². The van der Waals surface area contributed by atoms with Crippen molar-refractivity contribution >= 4 is 10.9 Å². The molecule has 1 aromatic carbocycles. The quantitative estimate of drug-likeness (QED) is 0.745. The molecule has 1 nitrogen and oxygen atoms in total. The highest BCUT2D eigenvalue weighted by Gasteiger charge is 2.32. The Morgan fingerprint density at radius 2 is 1.68 bits per heavy atom. The smallest absolute Gasteiger partial charge is 0.253 e. The van der Waals surface area contributed by atoms with E-state index in [0.717, 1.165) is 11.8 Å². The van der Waals surface area contributed by atoms with Crippen LogP contribution in [0.4, 0.5) is 13.2 Å². The Morgan fingerprint density at radius 1 is 1.00 bits per heavy atom. The molecule has 4 heteroatoms. The molecule has 0 saturated carbocycles. The van der Waals surface area contributed by atoms with Crippen molar-refractivity contribution in [3.8, 4) is 0 Å². The van der Waals surface area contributed by atoms with Gasteiger partial charge < -0.3 is 0 Å². The predicted octanol–water partition coefficient (Wildman–Crippen LogP) is 5.01. The van der Waals surface area contributed by atoms with Crippen LogP contribution < -0.4 is 0 Å². The van der Waals surface area contributed by atoms with Crippen LogP contribution in [0.3, 0.4) is 0 Å². The lowest BCUT2D eigenvalue weighted by Crippen LogP contribution is -2.08. The first-order chi connectivity index (χ1) is 8.80. The van der Waals surface area contributed by atoms with Gasteiger partial charge in [0.05, 0.1) is 11.1 Å². The van der Waals surface area contributed by atoms with E-state index in [9.17, 15) is 13.2 Å². The fourth-order valence-corrected chi connectivity index (χ4v) is 2.01. The first-order valence-electron chi connectivity index (χ1n) is 6.27. The lowest BCUT2D eigenvalue weighted by Gasteiger charge is -2.16. The second-order valence-electron chi connectivity index (χ2n) is 5.14. The van der Waals surface area contributed by atoms with Crippen LogP contribution in [-0.4, -0.2) is 4.98 Å². The van der Waals surface area contributed by atoms with Crippen LogP contribution in [0.25, 0.3) is 10.9 Å². The zero-order valence-electron chi connectivity index (χ0n) is 11.1. The van der Waals surface area contributed by atoms with Crippen LogP contribution in [-0.2, 0) is 6.18 Å². The molecule has 0 amide bonds. The van der Waals surface area contributed by atoms with Crippen LogP contribution >= 0.6 is 0 Å². The van der Waals surface area contributed by atoms with Gasteiger partial charge in [0.1, 0.15) is 0 Å². The highest BCUT2D eigenvalue weighted by molar-refractivity contribution is 5.82. The summed E-state index contributed by atoms with van der Waals surface area (Å²) < 4.78 is 38.6. The average molecular weight is 267 g/mol. The lowest BCUT2D eigenvalue weighted by molar-refractivity contribution is -0.136. The summed E-state index contributed by atoms with van der Waals surface area (Å²) in [7, 11) is 0. The molecule has 0 spiro atoms. The molecule has 1 unspecified atom stereocenters. The van der Waals surface area contributed by atoms with Gasteiger partial charge in [-0.25, -0.2) is 0 Å². The SMILES string of the molecule is CC(C)C(C)c1ccc2c(C(F)(F)F)cccc2n1. The summed E-state index contributed by atoms with van der Waals surface area (Å²) >= 11 is 0. The molecule has 0 saturated heterocycles. The molecule has 1 aromatic heterocycles. The van der Waals surface area contributed by atoms with E-state index >= 15 is 0 Å². The Labute approximate surface area is 110 Å². The first kappa shape index (κ1) is 13.8. The molecule has 102 valence electrons. The highest BCUT2D eigenvalue weighted by atomic mass is 19.4. The van der Waals surface area contributed by atoms with Gasteiger partial charge in [0.2, 0.25) is 0 Å². The molecule has 2 aromatic rings. The Morgan fingerprint density at radius 3 is 2.26 bits per heavy atom. The molecule has 2 rings (SSSR count). The van der Waals surface area contributed by atoms with Crippen molar-refractivity contribution in [1.82, 2.24) is 4.98 Å². The number of rotatable bonds is 2. The topological polar surface area (TPSA) is 12.9 Å². The summed E-state index contributed by atoms with van der Waals surface area (Å²) in [5, 5.41) is 0.162. The van der Waals surface area contributed by atoms with Gasteiger partial charge in [-0.3, -0.25) is 4.98 Å². The molecule has 0 N–H and O–H groups in total. The van der Waals surface area contributed by atoms with Gasteiger partial charge in [0.15, 0.2) is 0 Å². The number of halogens is 3. The number of hydrogen-bond acceptors (Lipinski definition) is 1. The Balaban J connectivity index is 2.58. The minimum atomic E-state index is -4.34. The molecule has 0 aliphatic heterocycles. The molecule has 0 aliphatic carbocycles. The van der Waals surface area contributed by atoms with E-state index in [1.165, 1.54) is 12.1 Å². The van der Waals surface area contributed by atoms with E-state index in [1.807, 2.05) is 6.92 Å². The van der Waals surface area contributed by atoms with Gasteiger partial charge in [-0.2, -0.15) is 13.2 Å². The number of fused-ring (bicyclic) bond motifs is 1. The fourth-order valence-electron chi connectivity index (χ4n) is 2.01. The zero-order valence-corrected chi connectivity index (χ0v) is 11.1. The van der Waals surface area contributed by atoms with Crippen LogP contribution in [0.1, 0.15) is 37.9 Å². The van der Waals surface area contributed by atoms with E-state index in [4.69, 9.17) is 0 Å². The molecule has 0 bridgehead atoms. The Hall–Kier alpha value is -1.58. The van der Waals surface area contributed by atoms with Crippen molar-refractivity contribution in [3.63, 3.8) is 0 Å². The van der Waals surface area contributed by atoms with Crippen molar-refractivity contribution in [1.29, 1.82) is 0 Å².